The molecule has 1 amide bonds. The molecule has 3 atom stereocenters. The highest BCUT2D eigenvalue weighted by Crippen LogP contribution is 2.53. The van der Waals surface area contributed by atoms with Crippen molar-refractivity contribution in [2.75, 3.05) is 25.1 Å². The molecule has 7 nitrogen and oxygen atoms in total. The number of nitrogens with zero attached hydrogens (tertiary/aromatic N) is 2. The van der Waals surface area contributed by atoms with Crippen molar-refractivity contribution in [3.8, 4) is 0 Å². The van der Waals surface area contributed by atoms with Crippen LogP contribution in [-0.4, -0.2) is 57.6 Å². The predicted molar refractivity (Wildman–Crippen MR) is 177 cm³/mol. The van der Waals surface area contributed by atoms with E-state index in [0.29, 0.717) is 29.8 Å². The van der Waals surface area contributed by atoms with Crippen molar-refractivity contribution in [3.05, 3.63) is 63.8 Å². The van der Waals surface area contributed by atoms with E-state index in [4.69, 9.17) is 32.7 Å². The van der Waals surface area contributed by atoms with Crippen LogP contribution in [0, 0.1) is 5.92 Å². The minimum atomic E-state index is -1.36. The third-order valence-electron chi connectivity index (χ3n) is 8.23. The van der Waals surface area contributed by atoms with E-state index < -0.39 is 22.2 Å². The molecule has 0 spiro atoms. The summed E-state index contributed by atoms with van der Waals surface area (Å²) in [5.74, 6) is 0.0291. The van der Waals surface area contributed by atoms with Gasteiger partial charge in [0.15, 0.2) is 0 Å². The topological polar surface area (TPSA) is 72.8 Å². The summed E-state index contributed by atoms with van der Waals surface area (Å²) in [6, 6.07) is 12.7. The van der Waals surface area contributed by atoms with Gasteiger partial charge in [-0.15, -0.1) is 0 Å². The molecule has 1 saturated heterocycles. The Morgan fingerprint density at radius 3 is 2.17 bits per heavy atom. The van der Waals surface area contributed by atoms with Gasteiger partial charge in [0.2, 0.25) is 0 Å². The minimum Gasteiger partial charge on any atom is -0.450 e. The van der Waals surface area contributed by atoms with Crippen molar-refractivity contribution in [2.45, 2.75) is 69.9 Å². The lowest BCUT2D eigenvalue weighted by Crippen LogP contribution is -2.38. The highest BCUT2D eigenvalue weighted by Gasteiger charge is 2.47. The van der Waals surface area contributed by atoms with Crippen LogP contribution in [0.4, 0.5) is 15.3 Å². The Morgan fingerprint density at radius 1 is 0.881 bits per heavy atom. The van der Waals surface area contributed by atoms with Gasteiger partial charge < -0.3 is 19.7 Å². The summed E-state index contributed by atoms with van der Waals surface area (Å²) in [6.45, 7) is 15.0. The van der Waals surface area contributed by atoms with Crippen molar-refractivity contribution in [3.63, 3.8) is 0 Å². The quantitative estimate of drug-likeness (QED) is 0.259. The predicted octanol–water partition coefficient (Wildman–Crippen LogP) is 9.28. The zero-order chi connectivity index (χ0) is 30.4. The lowest BCUT2D eigenvalue weighted by Gasteiger charge is -2.39. The number of aromatic nitrogens is 1. The summed E-state index contributed by atoms with van der Waals surface area (Å²) in [5, 5.41) is 5.82. The van der Waals surface area contributed by atoms with Crippen molar-refractivity contribution in [1.29, 1.82) is 0 Å². The Bertz CT molecular complexity index is 1500. The molecule has 1 N–H and O–H groups in total. The van der Waals surface area contributed by atoms with Gasteiger partial charge in [-0.3, -0.25) is 4.57 Å². The molecule has 5 rings (SSSR count). The number of carbonyl (C=O) groups excluding carboxylic acids is 2. The van der Waals surface area contributed by atoms with E-state index in [9.17, 15) is 9.59 Å². The molecule has 2 aromatic carbocycles. The number of rotatable bonds is 7. The van der Waals surface area contributed by atoms with Gasteiger partial charge in [-0.05, 0) is 60.5 Å². The molecule has 42 heavy (non-hydrogen) atoms. The first-order valence-electron chi connectivity index (χ1n) is 14.7. The van der Waals surface area contributed by atoms with Gasteiger partial charge in [0.05, 0.1) is 30.8 Å². The zero-order valence-electron chi connectivity index (χ0n) is 25.3. The Balaban J connectivity index is 1.50. The Morgan fingerprint density at radius 2 is 1.50 bits per heavy atom. The molecule has 1 aromatic heterocycles. The number of anilines is 1. The molecule has 1 unspecified atom stereocenters. The molecule has 0 radical (unpaired) electrons. The van der Waals surface area contributed by atoms with Gasteiger partial charge >= 0.3 is 12.2 Å². The molecule has 1 fully saturated rings. The number of carbonyl (C=O) groups is 2. The van der Waals surface area contributed by atoms with Crippen LogP contribution in [0.15, 0.2) is 42.6 Å². The fourth-order valence-corrected chi connectivity index (χ4v) is 7.71. The van der Waals surface area contributed by atoms with E-state index in [-0.39, 0.29) is 24.1 Å². The monoisotopic (exact) mass is 645 g/mol. The third-order valence-corrected chi connectivity index (χ3v) is 12.1. The Labute approximate surface area is 260 Å². The van der Waals surface area contributed by atoms with Crippen LogP contribution >= 0.6 is 23.2 Å². The minimum absolute atomic E-state index is 0.0291. The van der Waals surface area contributed by atoms with E-state index in [2.05, 4.69) is 44.6 Å². The van der Waals surface area contributed by atoms with Crippen molar-refractivity contribution in [1.82, 2.24) is 9.47 Å². The van der Waals surface area contributed by atoms with Crippen LogP contribution in [0.1, 0.15) is 29.6 Å². The number of amides is 1. The smallest absolute Gasteiger partial charge is 0.418 e. The zero-order valence-corrected chi connectivity index (χ0v) is 28.8. The lowest BCUT2D eigenvalue weighted by atomic mass is 9.80. The van der Waals surface area contributed by atoms with E-state index in [1.165, 1.54) is 0 Å². The summed E-state index contributed by atoms with van der Waals surface area (Å²) in [7, 11) is -2.70. The molecule has 3 aromatic rings. The summed E-state index contributed by atoms with van der Waals surface area (Å²) in [4.78, 5) is 28.6. The summed E-state index contributed by atoms with van der Waals surface area (Å²) >= 11 is 12.9. The van der Waals surface area contributed by atoms with Crippen molar-refractivity contribution in [2.24, 2.45) is 5.92 Å². The van der Waals surface area contributed by atoms with Crippen LogP contribution in [0.2, 0.25) is 61.4 Å². The molecule has 0 saturated carbocycles. The van der Waals surface area contributed by atoms with Crippen LogP contribution in [0.5, 0.6) is 0 Å². The van der Waals surface area contributed by atoms with Gasteiger partial charge in [-0.25, -0.2) is 9.59 Å². The molecule has 2 aliphatic heterocycles. The second kappa shape index (κ2) is 11.9. The van der Waals surface area contributed by atoms with Gasteiger partial charge in [0, 0.05) is 61.5 Å². The number of fused-ring (bicyclic) bond motifs is 4. The first-order valence-corrected chi connectivity index (χ1v) is 22.9. The Hall–Kier alpha value is -2.47. The van der Waals surface area contributed by atoms with E-state index >= 15 is 0 Å². The fourth-order valence-electron chi connectivity index (χ4n) is 5.93. The molecular weight excluding hydrogens is 605 g/mol. The summed E-state index contributed by atoms with van der Waals surface area (Å²) < 4.78 is 13.1. The lowest BCUT2D eigenvalue weighted by molar-refractivity contribution is 0.0964. The van der Waals surface area contributed by atoms with Crippen LogP contribution in [0.3, 0.4) is 0 Å². The van der Waals surface area contributed by atoms with Gasteiger partial charge in [-0.1, -0.05) is 62.5 Å². The van der Waals surface area contributed by atoms with Gasteiger partial charge in [0.1, 0.15) is 0 Å². The Kier molecular flexibility index (Phi) is 8.78. The molecule has 0 aliphatic carbocycles. The number of likely N-dealkylation sites (tertiary alicyclic amines) is 1. The average molecular weight is 647 g/mol. The molecular formula is C31H41Cl2N3O4Si2. The number of benzene rings is 2. The van der Waals surface area contributed by atoms with Gasteiger partial charge in [0.25, 0.3) is 0 Å². The largest absolute Gasteiger partial charge is 0.450 e. The average Bonchev–Trinajstić information content (AvgIpc) is 3.49. The number of nitrogens with one attached hydrogen (secondary N) is 1. The van der Waals surface area contributed by atoms with Crippen LogP contribution in [-0.2, 0) is 9.47 Å². The number of hydrogen-bond acceptors (Lipinski definition) is 5. The highest BCUT2D eigenvalue weighted by atomic mass is 35.5. The first-order chi connectivity index (χ1) is 19.7. The second-order valence-electron chi connectivity index (χ2n) is 13.9. The third kappa shape index (κ3) is 6.69. The SMILES string of the molecule is C[Si](C)(C)CCOC(=O)N1CC[C@@H]2C1c1cc(Cl)ccc1N[C@H]2c1cn(C(=O)OCC[Si](C)(C)C)c2ccc(Cl)cc12. The molecule has 11 heteroatoms. The van der Waals surface area contributed by atoms with E-state index in [1.807, 2.05) is 41.4 Å². The van der Waals surface area contributed by atoms with E-state index in [0.717, 1.165) is 46.2 Å². The molecule has 2 aliphatic rings. The highest BCUT2D eigenvalue weighted by molar-refractivity contribution is 6.76. The maximum absolute atomic E-state index is 13.4. The summed E-state index contributed by atoms with van der Waals surface area (Å²) in [5.41, 5.74) is 3.58. The van der Waals surface area contributed by atoms with Gasteiger partial charge in [-0.2, -0.15) is 0 Å². The number of ether oxygens (including phenoxy) is 2. The number of halogens is 2. The molecule has 3 heterocycles. The van der Waals surface area contributed by atoms with Crippen LogP contribution in [0.25, 0.3) is 10.9 Å². The van der Waals surface area contributed by atoms with Crippen LogP contribution < -0.4 is 5.32 Å². The molecule has 226 valence electrons. The second-order valence-corrected chi connectivity index (χ2v) is 26.0. The first kappa shape index (κ1) is 31.0. The van der Waals surface area contributed by atoms with Crippen molar-refractivity contribution < 1.29 is 19.1 Å². The maximum Gasteiger partial charge on any atom is 0.418 e. The fraction of sp³-hybridized carbons (Fsp3) is 0.484. The van der Waals surface area contributed by atoms with Crippen molar-refractivity contribution >= 4 is 68.1 Å². The van der Waals surface area contributed by atoms with E-state index in [1.54, 1.807) is 10.6 Å². The maximum atomic E-state index is 13.4. The number of hydrogen-bond donors (Lipinski definition) is 1. The summed E-state index contributed by atoms with van der Waals surface area (Å²) in [6.07, 6.45) is 1.96. The molecule has 0 bridgehead atoms. The standard InChI is InChI=1S/C31H41Cl2N3O4Si2/c1-41(2,3)15-13-39-30(37)35-12-11-22-28(34-26-9-7-20(32)18-24(26)29(22)35)25-19-36(27-10-8-21(33)17-23(25)27)31(38)40-14-16-42(4,5)6/h7-10,17-19,22,28-29,34H,11-16H2,1-6H3/t22-,28+,29?/m0/s1. The normalized spacial score (nSPS) is 20.2.